The number of hydrogen-bond donors (Lipinski definition) is 5. The van der Waals surface area contributed by atoms with E-state index in [0.717, 1.165) is 16.5 Å². The van der Waals surface area contributed by atoms with E-state index in [1.807, 2.05) is 24.3 Å². The summed E-state index contributed by atoms with van der Waals surface area (Å²) in [5, 5.41) is 22.8. The van der Waals surface area contributed by atoms with Crippen LogP contribution in [0.1, 0.15) is 12.0 Å². The zero-order chi connectivity index (χ0) is 16.3. The van der Waals surface area contributed by atoms with Crippen molar-refractivity contribution in [1.82, 2.24) is 10.3 Å². The maximum absolute atomic E-state index is 12.0. The van der Waals surface area contributed by atoms with Crippen molar-refractivity contribution in [1.29, 1.82) is 0 Å². The topological polar surface area (TPSA) is 128 Å². The number of hydrogen-bond acceptors (Lipinski definition) is 4. The van der Waals surface area contributed by atoms with Gasteiger partial charge in [0.1, 0.15) is 11.6 Å². The van der Waals surface area contributed by atoms with Crippen LogP contribution in [0.3, 0.4) is 0 Å². The second-order valence-corrected chi connectivity index (χ2v) is 5.30. The van der Waals surface area contributed by atoms with Crippen molar-refractivity contribution in [3.8, 4) is 0 Å². The normalized spacial score (nSPS) is 15.2. The Morgan fingerprint density at radius 2 is 2.09 bits per heavy atom. The van der Waals surface area contributed by atoms with Crippen LogP contribution < -0.4 is 11.1 Å². The first-order chi connectivity index (χ1) is 10.4. The van der Waals surface area contributed by atoms with Gasteiger partial charge in [0.25, 0.3) is 5.91 Å². The SMILES string of the molecule is CNC(=O)[C@@](O)(Cc1c[nH]c2ccccc12)C[C@@H](N)C(=O)O. The molecule has 0 spiro atoms. The number of amides is 1. The van der Waals surface area contributed by atoms with Crippen LogP contribution in [-0.2, 0) is 16.0 Å². The molecule has 118 valence electrons. The third kappa shape index (κ3) is 3.10. The van der Waals surface area contributed by atoms with Gasteiger partial charge in [-0.1, -0.05) is 18.2 Å². The fourth-order valence-electron chi connectivity index (χ4n) is 2.52. The molecule has 6 N–H and O–H groups in total. The molecule has 1 amide bonds. The average molecular weight is 305 g/mol. The van der Waals surface area contributed by atoms with Crippen molar-refractivity contribution in [3.05, 3.63) is 36.0 Å². The molecule has 7 nitrogen and oxygen atoms in total. The number of H-pyrrole nitrogens is 1. The molecule has 0 aliphatic heterocycles. The smallest absolute Gasteiger partial charge is 0.320 e. The van der Waals surface area contributed by atoms with Gasteiger partial charge in [-0.05, 0) is 11.6 Å². The largest absolute Gasteiger partial charge is 0.480 e. The van der Waals surface area contributed by atoms with Crippen LogP contribution in [0.25, 0.3) is 10.9 Å². The van der Waals surface area contributed by atoms with Crippen molar-refractivity contribution >= 4 is 22.8 Å². The Hall–Kier alpha value is -2.38. The Balaban J connectivity index is 2.34. The number of carboxylic acid groups (broad SMARTS) is 1. The number of nitrogens with two attached hydrogens (primary N) is 1. The summed E-state index contributed by atoms with van der Waals surface area (Å²) in [6.45, 7) is 0. The molecule has 0 fully saturated rings. The number of aliphatic carboxylic acids is 1. The van der Waals surface area contributed by atoms with E-state index < -0.39 is 23.5 Å². The summed E-state index contributed by atoms with van der Waals surface area (Å²) in [4.78, 5) is 26.0. The van der Waals surface area contributed by atoms with E-state index in [0.29, 0.717) is 0 Å². The van der Waals surface area contributed by atoms with Crippen LogP contribution in [0, 0.1) is 0 Å². The Bertz CT molecular complexity index is 697. The van der Waals surface area contributed by atoms with Gasteiger partial charge in [0.2, 0.25) is 0 Å². The number of likely N-dealkylation sites (N-methyl/N-ethyl adjacent to an activating group) is 1. The van der Waals surface area contributed by atoms with Crippen molar-refractivity contribution in [2.45, 2.75) is 24.5 Å². The summed E-state index contributed by atoms with van der Waals surface area (Å²) in [6, 6.07) is 6.13. The standard InChI is InChI=1S/C15H19N3O4/c1-17-14(21)15(22,7-11(16)13(19)20)6-9-8-18-12-5-3-2-4-10(9)12/h2-5,8,11,18,22H,6-7,16H2,1H3,(H,17,21)(H,19,20)/t11-,15-/m1/s1. The predicted molar refractivity (Wildman–Crippen MR) is 81.2 cm³/mol. The molecule has 2 rings (SSSR count). The highest BCUT2D eigenvalue weighted by Gasteiger charge is 2.39. The van der Waals surface area contributed by atoms with Crippen LogP contribution in [-0.4, -0.2) is 45.8 Å². The quantitative estimate of drug-likeness (QED) is 0.513. The molecule has 1 aromatic carbocycles. The van der Waals surface area contributed by atoms with Crippen molar-refractivity contribution in [2.75, 3.05) is 7.05 Å². The Labute approximate surface area is 127 Å². The first-order valence-corrected chi connectivity index (χ1v) is 6.85. The maximum Gasteiger partial charge on any atom is 0.320 e. The highest BCUT2D eigenvalue weighted by atomic mass is 16.4. The minimum atomic E-state index is -1.89. The summed E-state index contributed by atoms with van der Waals surface area (Å²) in [7, 11) is 1.38. The Morgan fingerprint density at radius 1 is 1.41 bits per heavy atom. The summed E-state index contributed by atoms with van der Waals surface area (Å²) < 4.78 is 0. The van der Waals surface area contributed by atoms with Crippen LogP contribution in [0.2, 0.25) is 0 Å². The van der Waals surface area contributed by atoms with Crippen LogP contribution >= 0.6 is 0 Å². The molecule has 0 aliphatic carbocycles. The molecule has 0 radical (unpaired) electrons. The molecule has 1 aromatic heterocycles. The molecule has 0 saturated carbocycles. The number of nitrogens with one attached hydrogen (secondary N) is 2. The van der Waals surface area contributed by atoms with Gasteiger partial charge in [-0.3, -0.25) is 9.59 Å². The molecule has 2 atom stereocenters. The van der Waals surface area contributed by atoms with Gasteiger partial charge in [-0.25, -0.2) is 0 Å². The summed E-state index contributed by atoms with van der Waals surface area (Å²) >= 11 is 0. The number of aliphatic hydroxyl groups is 1. The van der Waals surface area contributed by atoms with Crippen LogP contribution in [0.5, 0.6) is 0 Å². The van der Waals surface area contributed by atoms with E-state index >= 15 is 0 Å². The van der Waals surface area contributed by atoms with Crippen LogP contribution in [0.4, 0.5) is 0 Å². The zero-order valence-electron chi connectivity index (χ0n) is 12.2. The lowest BCUT2D eigenvalue weighted by Gasteiger charge is -2.27. The second kappa shape index (κ2) is 6.17. The summed E-state index contributed by atoms with van der Waals surface area (Å²) in [6.07, 6.45) is 1.30. The molecular weight excluding hydrogens is 286 g/mol. The van der Waals surface area contributed by atoms with Gasteiger partial charge in [-0.2, -0.15) is 0 Å². The minimum absolute atomic E-state index is 0.0301. The van der Waals surface area contributed by atoms with Gasteiger partial charge < -0.3 is 26.2 Å². The summed E-state index contributed by atoms with van der Waals surface area (Å²) in [5.74, 6) is -1.92. The van der Waals surface area contributed by atoms with Crippen LogP contribution in [0.15, 0.2) is 30.5 Å². The van der Waals surface area contributed by atoms with Crippen molar-refractivity contribution in [2.24, 2.45) is 5.73 Å². The fourth-order valence-corrected chi connectivity index (χ4v) is 2.52. The lowest BCUT2D eigenvalue weighted by Crippen LogP contribution is -2.52. The van der Waals surface area contributed by atoms with Crippen molar-refractivity contribution in [3.63, 3.8) is 0 Å². The third-order valence-electron chi connectivity index (χ3n) is 3.68. The number of rotatable bonds is 6. The Kier molecular flexibility index (Phi) is 4.48. The molecule has 0 unspecified atom stereocenters. The number of aromatic nitrogens is 1. The van der Waals surface area contributed by atoms with Gasteiger partial charge >= 0.3 is 5.97 Å². The molecular formula is C15H19N3O4. The van der Waals surface area contributed by atoms with E-state index in [9.17, 15) is 14.7 Å². The monoisotopic (exact) mass is 305 g/mol. The lowest BCUT2D eigenvalue weighted by atomic mass is 9.87. The lowest BCUT2D eigenvalue weighted by molar-refractivity contribution is -0.145. The second-order valence-electron chi connectivity index (χ2n) is 5.30. The maximum atomic E-state index is 12.0. The van der Waals surface area contributed by atoms with E-state index in [1.54, 1.807) is 6.20 Å². The minimum Gasteiger partial charge on any atom is -0.480 e. The van der Waals surface area contributed by atoms with Gasteiger partial charge in [-0.15, -0.1) is 0 Å². The molecule has 0 saturated heterocycles. The molecule has 2 aromatic rings. The zero-order valence-corrected chi connectivity index (χ0v) is 12.2. The molecule has 7 heteroatoms. The highest BCUT2D eigenvalue weighted by molar-refractivity contribution is 5.88. The predicted octanol–water partition coefficient (Wildman–Crippen LogP) is -0.0105. The number of carbonyl (C=O) groups excluding carboxylic acids is 1. The number of fused-ring (bicyclic) bond motifs is 1. The number of aromatic amines is 1. The van der Waals surface area contributed by atoms with Gasteiger partial charge in [0.05, 0.1) is 0 Å². The molecule has 1 heterocycles. The van der Waals surface area contributed by atoms with Crippen molar-refractivity contribution < 1.29 is 19.8 Å². The molecule has 22 heavy (non-hydrogen) atoms. The number of benzene rings is 1. The van der Waals surface area contributed by atoms with Gasteiger partial charge in [0.15, 0.2) is 0 Å². The highest BCUT2D eigenvalue weighted by Crippen LogP contribution is 2.25. The van der Waals surface area contributed by atoms with E-state index in [1.165, 1.54) is 7.05 Å². The molecule has 0 bridgehead atoms. The first kappa shape index (κ1) is 16.0. The Morgan fingerprint density at radius 3 is 2.73 bits per heavy atom. The summed E-state index contributed by atoms with van der Waals surface area (Å²) in [5.41, 5.74) is 5.19. The average Bonchev–Trinajstić information content (AvgIpc) is 2.89. The van der Waals surface area contributed by atoms with E-state index in [-0.39, 0.29) is 12.8 Å². The third-order valence-corrected chi connectivity index (χ3v) is 3.68. The van der Waals surface area contributed by atoms with Gasteiger partial charge in [0, 0.05) is 37.0 Å². The fraction of sp³-hybridized carbons (Fsp3) is 0.333. The van der Waals surface area contributed by atoms with E-state index in [2.05, 4.69) is 10.3 Å². The van der Waals surface area contributed by atoms with E-state index in [4.69, 9.17) is 10.8 Å². The molecule has 0 aliphatic rings. The number of carbonyl (C=O) groups is 2. The first-order valence-electron chi connectivity index (χ1n) is 6.85. The number of para-hydroxylation sites is 1. The number of carboxylic acids is 1.